The molecule has 0 saturated carbocycles. The normalized spacial score (nSPS) is 14.3. The van der Waals surface area contributed by atoms with Gasteiger partial charge < -0.3 is 4.74 Å². The third-order valence-corrected chi connectivity index (χ3v) is 3.80. The molecule has 8 heteroatoms. The van der Waals surface area contributed by atoms with E-state index in [0.29, 0.717) is 4.47 Å². The first-order valence-electron chi connectivity index (χ1n) is 5.12. The number of hydrogen-bond acceptors (Lipinski definition) is 1. The highest BCUT2D eigenvalue weighted by Gasteiger charge is 2.62. The molecular formula is C11H9Br2F5O. The van der Waals surface area contributed by atoms with E-state index < -0.39 is 16.9 Å². The lowest BCUT2D eigenvalue weighted by atomic mass is 10.1. The first-order valence-corrected chi connectivity index (χ1v) is 6.83. The summed E-state index contributed by atoms with van der Waals surface area (Å²) in [7, 11) is 0. The average Bonchev–Trinajstić information content (AvgIpc) is 2.29. The topological polar surface area (TPSA) is 9.23 Å². The van der Waals surface area contributed by atoms with Crippen LogP contribution in [0.5, 0.6) is 5.75 Å². The average molecular weight is 412 g/mol. The largest absolute Gasteiger partial charge is 0.494 e. The SMILES string of the molecule is CCOc1ccc(Br)cc1C(Br)C(F)(F)C(F)(F)F. The van der Waals surface area contributed by atoms with E-state index in [1.165, 1.54) is 18.2 Å². The molecule has 0 amide bonds. The van der Waals surface area contributed by atoms with Crippen molar-refractivity contribution in [3.8, 4) is 5.75 Å². The summed E-state index contributed by atoms with van der Waals surface area (Å²) in [6.07, 6.45) is -5.65. The van der Waals surface area contributed by atoms with Crippen LogP contribution in [0, 0.1) is 0 Å². The number of ether oxygens (including phenoxy) is 1. The van der Waals surface area contributed by atoms with Crippen molar-refractivity contribution in [1.29, 1.82) is 0 Å². The van der Waals surface area contributed by atoms with Crippen molar-refractivity contribution in [3.63, 3.8) is 0 Å². The monoisotopic (exact) mass is 410 g/mol. The standard InChI is InChI=1S/C11H9Br2F5O/c1-2-19-8-4-3-6(12)5-7(8)9(13)10(14,15)11(16,17)18/h3-5,9H,2H2,1H3. The summed E-state index contributed by atoms with van der Waals surface area (Å²) in [4.78, 5) is -2.22. The molecule has 0 N–H and O–H groups in total. The van der Waals surface area contributed by atoms with Gasteiger partial charge >= 0.3 is 12.1 Å². The van der Waals surface area contributed by atoms with Gasteiger partial charge in [-0.25, -0.2) is 0 Å². The van der Waals surface area contributed by atoms with E-state index >= 15 is 0 Å². The molecule has 1 nitrogen and oxygen atoms in total. The zero-order chi connectivity index (χ0) is 14.8. The van der Waals surface area contributed by atoms with E-state index in [2.05, 4.69) is 31.9 Å². The summed E-state index contributed by atoms with van der Waals surface area (Å²) in [5.41, 5.74) is -0.265. The molecule has 0 aliphatic carbocycles. The second-order valence-electron chi connectivity index (χ2n) is 3.60. The maximum absolute atomic E-state index is 13.3. The molecule has 0 fully saturated rings. The Bertz CT molecular complexity index is 447. The van der Waals surface area contributed by atoms with Crippen LogP contribution < -0.4 is 4.74 Å². The smallest absolute Gasteiger partial charge is 0.454 e. The van der Waals surface area contributed by atoms with Crippen molar-refractivity contribution in [2.45, 2.75) is 23.8 Å². The number of rotatable bonds is 4. The Morgan fingerprint density at radius 2 is 1.79 bits per heavy atom. The molecule has 0 spiro atoms. The molecule has 0 saturated heterocycles. The summed E-state index contributed by atoms with van der Waals surface area (Å²) in [6.45, 7) is 1.77. The van der Waals surface area contributed by atoms with Gasteiger partial charge in [-0.05, 0) is 25.1 Å². The fourth-order valence-corrected chi connectivity index (χ4v) is 2.34. The molecule has 0 bridgehead atoms. The molecule has 0 heterocycles. The Hall–Kier alpha value is -0.370. The van der Waals surface area contributed by atoms with Gasteiger partial charge in [-0.1, -0.05) is 31.9 Å². The minimum absolute atomic E-state index is 0.0171. The van der Waals surface area contributed by atoms with Gasteiger partial charge in [0.15, 0.2) is 0 Å². The van der Waals surface area contributed by atoms with Crippen LogP contribution in [0.15, 0.2) is 22.7 Å². The van der Waals surface area contributed by atoms with Gasteiger partial charge in [0.05, 0.1) is 6.61 Å². The molecule has 1 unspecified atom stereocenters. The van der Waals surface area contributed by atoms with Crippen LogP contribution in [0.3, 0.4) is 0 Å². The lowest BCUT2D eigenvalue weighted by Gasteiger charge is -2.26. The molecule has 1 aromatic rings. The van der Waals surface area contributed by atoms with Gasteiger partial charge in [0.25, 0.3) is 0 Å². The van der Waals surface area contributed by atoms with Gasteiger partial charge in [-0.2, -0.15) is 22.0 Å². The minimum atomic E-state index is -5.65. The zero-order valence-electron chi connectivity index (χ0n) is 9.57. The Morgan fingerprint density at radius 3 is 2.26 bits per heavy atom. The quantitative estimate of drug-likeness (QED) is 0.470. The van der Waals surface area contributed by atoms with E-state index in [1.807, 2.05) is 0 Å². The van der Waals surface area contributed by atoms with Crippen molar-refractivity contribution in [2.24, 2.45) is 0 Å². The van der Waals surface area contributed by atoms with Crippen LogP contribution in [0.2, 0.25) is 0 Å². The van der Waals surface area contributed by atoms with Crippen LogP contribution in [0.4, 0.5) is 22.0 Å². The van der Waals surface area contributed by atoms with Gasteiger partial charge in [-0.15, -0.1) is 0 Å². The predicted molar refractivity (Wildman–Crippen MR) is 68.0 cm³/mol. The highest BCUT2D eigenvalue weighted by atomic mass is 79.9. The second-order valence-corrected chi connectivity index (χ2v) is 5.43. The van der Waals surface area contributed by atoms with Crippen LogP contribution >= 0.6 is 31.9 Å². The summed E-state index contributed by atoms with van der Waals surface area (Å²) in [6, 6.07) is 4.01. The van der Waals surface area contributed by atoms with Crippen molar-refractivity contribution in [1.82, 2.24) is 0 Å². The summed E-state index contributed by atoms with van der Waals surface area (Å²) < 4.78 is 69.2. The third-order valence-electron chi connectivity index (χ3n) is 2.24. The van der Waals surface area contributed by atoms with Gasteiger partial charge in [0, 0.05) is 10.0 Å². The molecule has 0 aromatic heterocycles. The fraction of sp³-hybridized carbons (Fsp3) is 0.455. The Morgan fingerprint density at radius 1 is 1.21 bits per heavy atom. The molecule has 0 aliphatic heterocycles. The van der Waals surface area contributed by atoms with Crippen LogP contribution in [0.1, 0.15) is 17.3 Å². The molecule has 1 atom stereocenters. The first kappa shape index (κ1) is 16.7. The van der Waals surface area contributed by atoms with Crippen molar-refractivity contribution < 1.29 is 26.7 Å². The summed E-state index contributed by atoms with van der Waals surface area (Å²) in [5.74, 6) is -4.92. The highest BCUT2D eigenvalue weighted by molar-refractivity contribution is 9.10. The fourth-order valence-electron chi connectivity index (χ4n) is 1.34. The molecule has 0 aliphatic rings. The first-order chi connectivity index (χ1) is 8.61. The Balaban J connectivity index is 3.25. The van der Waals surface area contributed by atoms with E-state index in [-0.39, 0.29) is 17.9 Å². The number of benzene rings is 1. The van der Waals surface area contributed by atoms with Gasteiger partial charge in [-0.3, -0.25) is 0 Å². The predicted octanol–water partition coefficient (Wildman–Crippen LogP) is 5.48. The second kappa shape index (κ2) is 5.95. The Labute approximate surface area is 123 Å². The minimum Gasteiger partial charge on any atom is -0.494 e. The molecule has 19 heavy (non-hydrogen) atoms. The van der Waals surface area contributed by atoms with Crippen molar-refractivity contribution in [3.05, 3.63) is 28.2 Å². The van der Waals surface area contributed by atoms with E-state index in [1.54, 1.807) is 6.92 Å². The zero-order valence-corrected chi connectivity index (χ0v) is 12.7. The van der Waals surface area contributed by atoms with Crippen LogP contribution in [0.25, 0.3) is 0 Å². The van der Waals surface area contributed by atoms with E-state index in [4.69, 9.17) is 4.74 Å². The van der Waals surface area contributed by atoms with E-state index in [0.717, 1.165) is 0 Å². The lowest BCUT2D eigenvalue weighted by Crippen LogP contribution is -2.40. The Kier molecular flexibility index (Phi) is 5.22. The maximum atomic E-state index is 13.3. The third kappa shape index (κ3) is 3.59. The van der Waals surface area contributed by atoms with Gasteiger partial charge in [0.1, 0.15) is 10.6 Å². The maximum Gasteiger partial charge on any atom is 0.454 e. The number of halogens is 7. The summed E-state index contributed by atoms with van der Waals surface area (Å²) in [5, 5.41) is 0. The van der Waals surface area contributed by atoms with E-state index in [9.17, 15) is 22.0 Å². The molecular weight excluding hydrogens is 403 g/mol. The molecule has 1 rings (SSSR count). The van der Waals surface area contributed by atoms with Crippen LogP contribution in [-0.4, -0.2) is 18.7 Å². The molecule has 1 aromatic carbocycles. The van der Waals surface area contributed by atoms with Gasteiger partial charge in [0.2, 0.25) is 0 Å². The number of alkyl halides is 6. The molecule has 0 radical (unpaired) electrons. The molecule has 108 valence electrons. The lowest BCUT2D eigenvalue weighted by molar-refractivity contribution is -0.281. The summed E-state index contributed by atoms with van der Waals surface area (Å²) >= 11 is 5.46. The van der Waals surface area contributed by atoms with Crippen LogP contribution in [-0.2, 0) is 0 Å². The number of hydrogen-bond donors (Lipinski definition) is 0. The van der Waals surface area contributed by atoms with Crippen molar-refractivity contribution in [2.75, 3.05) is 6.61 Å². The highest BCUT2D eigenvalue weighted by Crippen LogP contribution is 2.51. The van der Waals surface area contributed by atoms with Crippen molar-refractivity contribution >= 4 is 31.9 Å².